The highest BCUT2D eigenvalue weighted by Crippen LogP contribution is 2.19. The van der Waals surface area contributed by atoms with Crippen LogP contribution in [0.25, 0.3) is 0 Å². The molecule has 0 saturated carbocycles. The lowest BCUT2D eigenvalue weighted by Crippen LogP contribution is -2.53. The molecule has 1 N–H and O–H groups in total. The summed E-state index contributed by atoms with van der Waals surface area (Å²) in [5.74, 6) is 1.32. The molecular weight excluding hydrogens is 328 g/mol. The number of methoxy groups -OCH3 is 1. The normalized spacial score (nSPS) is 16.6. The fraction of sp³-hybridized carbons (Fsp3) is 0.529. The summed E-state index contributed by atoms with van der Waals surface area (Å²) in [7, 11) is 5.58. The van der Waals surface area contributed by atoms with Gasteiger partial charge in [-0.05, 0) is 26.2 Å². The number of likely N-dealkylation sites (N-methyl/N-ethyl adjacent to an activating group) is 1. The summed E-state index contributed by atoms with van der Waals surface area (Å²) in [6.45, 7) is 2.32. The predicted octanol–water partition coefficient (Wildman–Crippen LogP) is 0.564. The largest absolute Gasteiger partial charge is 0.497 e. The first kappa shape index (κ1) is 20.7. The zero-order valence-electron chi connectivity index (χ0n) is 14.9. The molecule has 140 valence electrons. The van der Waals surface area contributed by atoms with E-state index in [0.29, 0.717) is 31.3 Å². The van der Waals surface area contributed by atoms with Crippen molar-refractivity contribution in [3.8, 4) is 11.5 Å². The molecule has 2 rings (SSSR count). The van der Waals surface area contributed by atoms with E-state index >= 15 is 0 Å². The second-order valence-electron chi connectivity index (χ2n) is 5.65. The van der Waals surface area contributed by atoms with Crippen molar-refractivity contribution < 1.29 is 28.9 Å². The van der Waals surface area contributed by atoms with Crippen LogP contribution in [0.4, 0.5) is 0 Å². The first-order valence-corrected chi connectivity index (χ1v) is 7.88. The summed E-state index contributed by atoms with van der Waals surface area (Å²) in [5.41, 5.74) is 0. The Bertz CT molecular complexity index is 538. The first-order chi connectivity index (χ1) is 12.0. The third kappa shape index (κ3) is 7.40. The van der Waals surface area contributed by atoms with E-state index in [9.17, 15) is 4.79 Å². The molecule has 0 bridgehead atoms. The maximum Gasteiger partial charge on any atom is 0.290 e. The van der Waals surface area contributed by atoms with E-state index < -0.39 is 0 Å². The van der Waals surface area contributed by atoms with Crippen molar-refractivity contribution in [2.75, 3.05) is 54.1 Å². The number of ether oxygens (including phenoxy) is 3. The lowest BCUT2D eigenvalue weighted by molar-refractivity contribution is -0.142. The van der Waals surface area contributed by atoms with E-state index in [1.54, 1.807) is 13.2 Å². The minimum Gasteiger partial charge on any atom is -0.497 e. The monoisotopic (exact) mass is 354 g/mol. The SMILES string of the molecule is COc1cccc(OCC(=O)N2CCOCC2CN(C)C)c1.O=CO. The quantitative estimate of drug-likeness (QED) is 0.747. The Morgan fingerprint density at radius 2 is 2.12 bits per heavy atom. The van der Waals surface area contributed by atoms with Crippen molar-refractivity contribution in [1.82, 2.24) is 9.80 Å². The minimum atomic E-state index is -0.250. The Labute approximate surface area is 147 Å². The van der Waals surface area contributed by atoms with Crippen molar-refractivity contribution >= 4 is 12.4 Å². The second kappa shape index (κ2) is 11.3. The molecule has 1 aromatic rings. The van der Waals surface area contributed by atoms with Gasteiger partial charge in [0.15, 0.2) is 6.61 Å². The van der Waals surface area contributed by atoms with Gasteiger partial charge in [-0.3, -0.25) is 9.59 Å². The molecule has 0 aromatic heterocycles. The molecule has 1 unspecified atom stereocenters. The third-order valence-corrected chi connectivity index (χ3v) is 3.53. The van der Waals surface area contributed by atoms with Gasteiger partial charge in [0.2, 0.25) is 0 Å². The number of nitrogens with zero attached hydrogens (tertiary/aromatic N) is 2. The van der Waals surface area contributed by atoms with Gasteiger partial charge in [0, 0.05) is 19.2 Å². The van der Waals surface area contributed by atoms with Crippen molar-refractivity contribution in [2.45, 2.75) is 6.04 Å². The molecule has 8 heteroatoms. The van der Waals surface area contributed by atoms with Gasteiger partial charge in [0.25, 0.3) is 12.4 Å². The molecule has 1 aliphatic heterocycles. The van der Waals surface area contributed by atoms with Crippen LogP contribution in [0.2, 0.25) is 0 Å². The standard InChI is InChI=1S/C16H24N2O4.CH2O2/c1-17(2)10-13-11-21-8-7-18(13)16(19)12-22-15-6-4-5-14(9-15)20-3;2-1-3/h4-6,9,13H,7-8,10-12H2,1-3H3;1H,(H,2,3). The molecule has 1 amide bonds. The topological polar surface area (TPSA) is 88.5 Å². The average molecular weight is 354 g/mol. The predicted molar refractivity (Wildman–Crippen MR) is 92.1 cm³/mol. The van der Waals surface area contributed by atoms with E-state index in [-0.39, 0.29) is 25.0 Å². The molecular formula is C17H26N2O6. The highest BCUT2D eigenvalue weighted by Gasteiger charge is 2.27. The number of carbonyl (C=O) groups excluding carboxylic acids is 1. The number of morpholine rings is 1. The van der Waals surface area contributed by atoms with Crippen LogP contribution in [-0.4, -0.2) is 87.4 Å². The number of hydrogen-bond donors (Lipinski definition) is 1. The van der Waals surface area contributed by atoms with Crippen LogP contribution in [-0.2, 0) is 14.3 Å². The fourth-order valence-electron chi connectivity index (χ4n) is 2.47. The molecule has 1 aromatic carbocycles. The summed E-state index contributed by atoms with van der Waals surface area (Å²) in [4.78, 5) is 24.7. The van der Waals surface area contributed by atoms with E-state index in [4.69, 9.17) is 24.1 Å². The zero-order chi connectivity index (χ0) is 18.7. The van der Waals surface area contributed by atoms with Crippen molar-refractivity contribution in [3.05, 3.63) is 24.3 Å². The summed E-state index contributed by atoms with van der Waals surface area (Å²) in [5, 5.41) is 6.89. The Morgan fingerprint density at radius 1 is 1.44 bits per heavy atom. The Hall–Kier alpha value is -2.32. The van der Waals surface area contributed by atoms with Crippen molar-refractivity contribution in [2.24, 2.45) is 0 Å². The maximum atomic E-state index is 12.4. The van der Waals surface area contributed by atoms with Gasteiger partial charge in [-0.2, -0.15) is 0 Å². The maximum absolute atomic E-state index is 12.4. The lowest BCUT2D eigenvalue weighted by Gasteiger charge is -2.36. The van der Waals surface area contributed by atoms with Crippen LogP contribution in [0.5, 0.6) is 11.5 Å². The van der Waals surface area contributed by atoms with Gasteiger partial charge in [0.1, 0.15) is 11.5 Å². The first-order valence-electron chi connectivity index (χ1n) is 7.88. The molecule has 25 heavy (non-hydrogen) atoms. The number of carbonyl (C=O) groups is 2. The van der Waals surface area contributed by atoms with Gasteiger partial charge in [0.05, 0.1) is 26.4 Å². The Kier molecular flexibility index (Phi) is 9.34. The lowest BCUT2D eigenvalue weighted by atomic mass is 10.2. The molecule has 0 spiro atoms. The highest BCUT2D eigenvalue weighted by atomic mass is 16.5. The van der Waals surface area contributed by atoms with Gasteiger partial charge < -0.3 is 29.1 Å². The van der Waals surface area contributed by atoms with Crippen LogP contribution >= 0.6 is 0 Å². The van der Waals surface area contributed by atoms with Gasteiger partial charge in [-0.1, -0.05) is 6.07 Å². The van der Waals surface area contributed by atoms with Crippen molar-refractivity contribution in [1.29, 1.82) is 0 Å². The number of benzene rings is 1. The average Bonchev–Trinajstić information content (AvgIpc) is 2.60. The van der Waals surface area contributed by atoms with Crippen LogP contribution in [0.3, 0.4) is 0 Å². The summed E-state index contributed by atoms with van der Waals surface area (Å²) in [6.07, 6.45) is 0. The smallest absolute Gasteiger partial charge is 0.290 e. The molecule has 1 saturated heterocycles. The summed E-state index contributed by atoms with van der Waals surface area (Å²) in [6, 6.07) is 7.33. The molecule has 0 radical (unpaired) electrons. The number of rotatable bonds is 6. The molecule has 8 nitrogen and oxygen atoms in total. The van der Waals surface area contributed by atoms with E-state index in [1.165, 1.54) is 0 Å². The van der Waals surface area contributed by atoms with E-state index in [2.05, 4.69) is 4.90 Å². The highest BCUT2D eigenvalue weighted by molar-refractivity contribution is 5.78. The van der Waals surface area contributed by atoms with E-state index in [0.717, 1.165) is 6.54 Å². The summed E-state index contributed by atoms with van der Waals surface area (Å²) >= 11 is 0. The van der Waals surface area contributed by atoms with Gasteiger partial charge in [-0.25, -0.2) is 0 Å². The van der Waals surface area contributed by atoms with Crippen LogP contribution in [0.1, 0.15) is 0 Å². The van der Waals surface area contributed by atoms with Crippen LogP contribution < -0.4 is 9.47 Å². The number of carboxylic acid groups (broad SMARTS) is 1. The minimum absolute atomic E-state index is 0.0158. The molecule has 1 heterocycles. The Morgan fingerprint density at radius 3 is 2.76 bits per heavy atom. The number of amides is 1. The Balaban J connectivity index is 0.000000970. The van der Waals surface area contributed by atoms with Crippen LogP contribution in [0.15, 0.2) is 24.3 Å². The van der Waals surface area contributed by atoms with Gasteiger partial charge in [-0.15, -0.1) is 0 Å². The molecule has 0 aliphatic carbocycles. The molecule has 1 fully saturated rings. The second-order valence-corrected chi connectivity index (χ2v) is 5.65. The zero-order valence-corrected chi connectivity index (χ0v) is 14.9. The van der Waals surface area contributed by atoms with Crippen molar-refractivity contribution in [3.63, 3.8) is 0 Å². The van der Waals surface area contributed by atoms with Gasteiger partial charge >= 0.3 is 0 Å². The van der Waals surface area contributed by atoms with Crippen LogP contribution in [0, 0.1) is 0 Å². The van der Waals surface area contributed by atoms with E-state index in [1.807, 2.05) is 37.2 Å². The summed E-state index contributed by atoms with van der Waals surface area (Å²) < 4.78 is 16.2. The molecule has 1 aliphatic rings. The fourth-order valence-corrected chi connectivity index (χ4v) is 2.47. The number of hydrogen-bond acceptors (Lipinski definition) is 6. The third-order valence-electron chi connectivity index (χ3n) is 3.53. The molecule has 1 atom stereocenters.